The molecule has 0 saturated carbocycles. The van der Waals surface area contributed by atoms with E-state index in [2.05, 4.69) is 0 Å². The van der Waals surface area contributed by atoms with E-state index in [0.717, 1.165) is 6.29 Å². The van der Waals surface area contributed by atoms with E-state index in [1.54, 1.807) is 19.3 Å². The van der Waals surface area contributed by atoms with Gasteiger partial charge in [0.2, 0.25) is 0 Å². The average molecular weight is 153 g/mol. The zero-order chi connectivity index (χ0) is 8.27. The minimum atomic E-state index is -0.116. The highest BCUT2D eigenvalue weighted by molar-refractivity contribution is 5.58. The molecule has 0 aliphatic heterocycles. The summed E-state index contributed by atoms with van der Waals surface area (Å²) in [5.74, 6) is 0.556. The summed E-state index contributed by atoms with van der Waals surface area (Å²) in [4.78, 5) is 10.4. The van der Waals surface area contributed by atoms with Crippen LogP contribution in [0.1, 0.15) is 6.42 Å². The summed E-state index contributed by atoms with van der Waals surface area (Å²) in [6.45, 7) is 0. The lowest BCUT2D eigenvalue weighted by Crippen LogP contribution is -2.11. The number of hydrogen-bond donors (Lipinski definition) is 1. The monoisotopic (exact) mass is 153 g/mol. The van der Waals surface area contributed by atoms with E-state index >= 15 is 0 Å². The molecule has 0 bridgehead atoms. The van der Waals surface area contributed by atoms with Gasteiger partial charge < -0.3 is 15.3 Å². The molecule has 0 aromatic carbocycles. The van der Waals surface area contributed by atoms with E-state index in [4.69, 9.17) is 10.5 Å². The SMILES string of the molecule is COC1=CC(C=O)CC(N)=C1. The summed E-state index contributed by atoms with van der Waals surface area (Å²) in [6.07, 6.45) is 4.98. The zero-order valence-electron chi connectivity index (χ0n) is 6.41. The highest BCUT2D eigenvalue weighted by Crippen LogP contribution is 2.18. The molecule has 60 valence electrons. The zero-order valence-corrected chi connectivity index (χ0v) is 6.41. The summed E-state index contributed by atoms with van der Waals surface area (Å²) in [5.41, 5.74) is 6.24. The van der Waals surface area contributed by atoms with Crippen LogP contribution < -0.4 is 5.73 Å². The fourth-order valence-corrected chi connectivity index (χ4v) is 1.05. The molecular weight excluding hydrogens is 142 g/mol. The fraction of sp³-hybridized carbons (Fsp3) is 0.375. The number of allylic oxidation sites excluding steroid dienone is 3. The number of hydrogen-bond acceptors (Lipinski definition) is 3. The first-order valence-corrected chi connectivity index (χ1v) is 3.43. The van der Waals surface area contributed by atoms with Crippen molar-refractivity contribution in [2.24, 2.45) is 11.7 Å². The van der Waals surface area contributed by atoms with Crippen LogP contribution in [0, 0.1) is 5.92 Å². The smallest absolute Gasteiger partial charge is 0.127 e. The highest BCUT2D eigenvalue weighted by atomic mass is 16.5. The number of methoxy groups -OCH3 is 1. The predicted octanol–water partition coefficient (Wildman–Crippen LogP) is 0.578. The van der Waals surface area contributed by atoms with Crippen molar-refractivity contribution < 1.29 is 9.53 Å². The van der Waals surface area contributed by atoms with Crippen LogP contribution in [0.4, 0.5) is 0 Å². The molecule has 0 heterocycles. The molecule has 1 aliphatic carbocycles. The molecule has 3 nitrogen and oxygen atoms in total. The summed E-state index contributed by atoms with van der Waals surface area (Å²) in [7, 11) is 1.56. The van der Waals surface area contributed by atoms with Crippen molar-refractivity contribution in [2.75, 3.05) is 7.11 Å². The molecule has 1 atom stereocenters. The van der Waals surface area contributed by atoms with Crippen LogP contribution in [0.5, 0.6) is 0 Å². The maximum Gasteiger partial charge on any atom is 0.127 e. The second-order valence-corrected chi connectivity index (χ2v) is 2.50. The number of rotatable bonds is 2. The number of carbonyl (C=O) groups is 1. The Hall–Kier alpha value is -1.25. The molecule has 1 unspecified atom stereocenters. The van der Waals surface area contributed by atoms with Gasteiger partial charge in [0.05, 0.1) is 7.11 Å². The lowest BCUT2D eigenvalue weighted by atomic mass is 9.99. The molecule has 1 rings (SSSR count). The summed E-state index contributed by atoms with van der Waals surface area (Å²) < 4.78 is 4.94. The first kappa shape index (κ1) is 7.85. The van der Waals surface area contributed by atoms with Gasteiger partial charge in [0.1, 0.15) is 12.0 Å². The van der Waals surface area contributed by atoms with Crippen molar-refractivity contribution >= 4 is 6.29 Å². The number of ether oxygens (including phenoxy) is 1. The Morgan fingerprint density at radius 1 is 1.82 bits per heavy atom. The van der Waals surface area contributed by atoms with Gasteiger partial charge in [0.15, 0.2) is 0 Å². The molecule has 0 aromatic rings. The molecule has 0 spiro atoms. The van der Waals surface area contributed by atoms with Gasteiger partial charge in [-0.1, -0.05) is 0 Å². The van der Waals surface area contributed by atoms with Crippen molar-refractivity contribution in [1.82, 2.24) is 0 Å². The minimum Gasteiger partial charge on any atom is -0.497 e. The quantitative estimate of drug-likeness (QED) is 0.590. The van der Waals surface area contributed by atoms with Crippen LogP contribution in [-0.4, -0.2) is 13.4 Å². The molecule has 2 N–H and O–H groups in total. The van der Waals surface area contributed by atoms with Gasteiger partial charge in [-0.25, -0.2) is 0 Å². The van der Waals surface area contributed by atoms with Crippen molar-refractivity contribution in [3.05, 3.63) is 23.6 Å². The topological polar surface area (TPSA) is 52.3 Å². The third-order valence-corrected chi connectivity index (χ3v) is 1.59. The number of carbonyl (C=O) groups excluding carboxylic acids is 1. The maximum absolute atomic E-state index is 10.4. The lowest BCUT2D eigenvalue weighted by Gasteiger charge is -2.13. The Kier molecular flexibility index (Phi) is 2.31. The Labute approximate surface area is 65.5 Å². The van der Waals surface area contributed by atoms with Gasteiger partial charge in [0.25, 0.3) is 0 Å². The number of nitrogens with two attached hydrogens (primary N) is 1. The van der Waals surface area contributed by atoms with Crippen LogP contribution in [-0.2, 0) is 9.53 Å². The van der Waals surface area contributed by atoms with E-state index in [9.17, 15) is 4.79 Å². The normalized spacial score (nSPS) is 23.5. The third kappa shape index (κ3) is 1.83. The van der Waals surface area contributed by atoms with Gasteiger partial charge in [-0.3, -0.25) is 0 Å². The largest absolute Gasteiger partial charge is 0.497 e. The first-order chi connectivity index (χ1) is 5.26. The van der Waals surface area contributed by atoms with Gasteiger partial charge in [0, 0.05) is 18.0 Å². The third-order valence-electron chi connectivity index (χ3n) is 1.59. The van der Waals surface area contributed by atoms with E-state index in [0.29, 0.717) is 17.9 Å². The molecular formula is C8H11NO2. The van der Waals surface area contributed by atoms with Crippen LogP contribution in [0.2, 0.25) is 0 Å². The van der Waals surface area contributed by atoms with Gasteiger partial charge in [-0.05, 0) is 12.2 Å². The van der Waals surface area contributed by atoms with Crippen LogP contribution in [0.25, 0.3) is 0 Å². The second-order valence-electron chi connectivity index (χ2n) is 2.50. The molecule has 0 amide bonds. The molecule has 0 radical (unpaired) electrons. The first-order valence-electron chi connectivity index (χ1n) is 3.43. The van der Waals surface area contributed by atoms with Gasteiger partial charge in [-0.2, -0.15) is 0 Å². The molecule has 0 fully saturated rings. The summed E-state index contributed by atoms with van der Waals surface area (Å²) >= 11 is 0. The summed E-state index contributed by atoms with van der Waals surface area (Å²) in [5, 5.41) is 0. The van der Waals surface area contributed by atoms with Crippen molar-refractivity contribution in [2.45, 2.75) is 6.42 Å². The molecule has 3 heteroatoms. The van der Waals surface area contributed by atoms with Crippen molar-refractivity contribution in [3.8, 4) is 0 Å². The lowest BCUT2D eigenvalue weighted by molar-refractivity contribution is -0.110. The molecule has 11 heavy (non-hydrogen) atoms. The highest BCUT2D eigenvalue weighted by Gasteiger charge is 2.12. The van der Waals surface area contributed by atoms with E-state index in [-0.39, 0.29) is 5.92 Å². The maximum atomic E-state index is 10.4. The van der Waals surface area contributed by atoms with E-state index < -0.39 is 0 Å². The predicted molar refractivity (Wildman–Crippen MR) is 41.5 cm³/mol. The average Bonchev–Trinajstić information content (AvgIpc) is 2.03. The molecule has 1 aliphatic rings. The standard InChI is InChI=1S/C8H11NO2/c1-11-8-3-6(5-10)2-7(9)4-8/h3-6H,2,9H2,1H3. The Balaban J connectivity index is 2.76. The van der Waals surface area contributed by atoms with Crippen molar-refractivity contribution in [1.29, 1.82) is 0 Å². The second kappa shape index (κ2) is 3.23. The van der Waals surface area contributed by atoms with Gasteiger partial charge >= 0.3 is 0 Å². The van der Waals surface area contributed by atoms with Crippen LogP contribution >= 0.6 is 0 Å². The molecule has 0 saturated heterocycles. The number of aldehydes is 1. The van der Waals surface area contributed by atoms with Crippen LogP contribution in [0.15, 0.2) is 23.6 Å². The van der Waals surface area contributed by atoms with E-state index in [1.807, 2.05) is 0 Å². The van der Waals surface area contributed by atoms with Crippen molar-refractivity contribution in [3.63, 3.8) is 0 Å². The summed E-state index contributed by atoms with van der Waals surface area (Å²) in [6, 6.07) is 0. The Morgan fingerprint density at radius 3 is 3.09 bits per heavy atom. The Morgan fingerprint density at radius 2 is 2.55 bits per heavy atom. The Bertz CT molecular complexity index is 218. The van der Waals surface area contributed by atoms with E-state index in [1.165, 1.54) is 0 Å². The molecule has 0 aromatic heterocycles. The minimum absolute atomic E-state index is 0.116. The van der Waals surface area contributed by atoms with Gasteiger partial charge in [-0.15, -0.1) is 0 Å². The fourth-order valence-electron chi connectivity index (χ4n) is 1.05. The van der Waals surface area contributed by atoms with Crippen LogP contribution in [0.3, 0.4) is 0 Å².